The molecule has 1 aliphatic heterocycles. The molecule has 0 spiro atoms. The molecule has 0 unspecified atom stereocenters. The predicted octanol–water partition coefficient (Wildman–Crippen LogP) is 2.50. The quantitative estimate of drug-likeness (QED) is 0.920. The molecular weight excluding hydrogens is 316 g/mol. The first-order valence-electron chi connectivity index (χ1n) is 9.43. The first-order chi connectivity index (χ1) is 12.1. The highest BCUT2D eigenvalue weighted by molar-refractivity contribution is 6.02. The van der Waals surface area contributed by atoms with Crippen LogP contribution in [-0.2, 0) is 9.59 Å². The minimum Gasteiger partial charge on any atom is -0.482 e. The summed E-state index contributed by atoms with van der Waals surface area (Å²) in [6, 6.07) is 7.42. The molecule has 4 fully saturated rings. The van der Waals surface area contributed by atoms with Crippen LogP contribution in [0.3, 0.4) is 0 Å². The molecular formula is C20H24N2O3. The van der Waals surface area contributed by atoms with E-state index in [2.05, 4.69) is 5.32 Å². The molecule has 0 saturated heterocycles. The zero-order valence-electron chi connectivity index (χ0n) is 14.4. The molecule has 4 bridgehead atoms. The number of fused-ring (bicyclic) bond motifs is 1. The average Bonchev–Trinajstić information content (AvgIpc) is 2.56. The second-order valence-electron chi connectivity index (χ2n) is 8.48. The zero-order chi connectivity index (χ0) is 17.0. The number of carbonyl (C=O) groups excluding carboxylic acids is 2. The van der Waals surface area contributed by atoms with Gasteiger partial charge in [0.05, 0.1) is 5.69 Å². The number of benzene rings is 1. The molecule has 5 aliphatic rings. The topological polar surface area (TPSA) is 58.6 Å². The molecule has 1 aromatic rings. The second kappa shape index (κ2) is 5.48. The van der Waals surface area contributed by atoms with Crippen molar-refractivity contribution in [3.05, 3.63) is 24.3 Å². The van der Waals surface area contributed by atoms with Crippen molar-refractivity contribution >= 4 is 17.5 Å². The minimum absolute atomic E-state index is 0.00165. The van der Waals surface area contributed by atoms with Crippen LogP contribution in [0.2, 0.25) is 0 Å². The van der Waals surface area contributed by atoms with E-state index >= 15 is 0 Å². The highest BCUT2D eigenvalue weighted by Gasteiger charge is 2.51. The van der Waals surface area contributed by atoms with Crippen LogP contribution in [0.1, 0.15) is 38.5 Å². The van der Waals surface area contributed by atoms with Crippen molar-refractivity contribution < 1.29 is 14.3 Å². The predicted molar refractivity (Wildman–Crippen MR) is 93.3 cm³/mol. The van der Waals surface area contributed by atoms with Gasteiger partial charge in [0.25, 0.3) is 5.91 Å². The molecule has 5 heteroatoms. The lowest BCUT2D eigenvalue weighted by molar-refractivity contribution is -0.128. The van der Waals surface area contributed by atoms with Crippen molar-refractivity contribution in [1.82, 2.24) is 5.32 Å². The fourth-order valence-electron chi connectivity index (χ4n) is 6.07. The average molecular weight is 340 g/mol. The van der Waals surface area contributed by atoms with Gasteiger partial charge in [0, 0.05) is 5.54 Å². The Labute approximate surface area is 147 Å². The van der Waals surface area contributed by atoms with Gasteiger partial charge in [0.2, 0.25) is 5.91 Å². The van der Waals surface area contributed by atoms with E-state index in [9.17, 15) is 9.59 Å². The van der Waals surface area contributed by atoms with E-state index in [1.807, 2.05) is 24.3 Å². The number of anilines is 1. The number of hydrogen-bond donors (Lipinski definition) is 1. The summed E-state index contributed by atoms with van der Waals surface area (Å²) < 4.78 is 5.46. The highest BCUT2D eigenvalue weighted by Crippen LogP contribution is 2.55. The summed E-state index contributed by atoms with van der Waals surface area (Å²) >= 11 is 0. The third kappa shape index (κ3) is 2.60. The van der Waals surface area contributed by atoms with Crippen LogP contribution in [0.5, 0.6) is 5.75 Å². The lowest BCUT2D eigenvalue weighted by Gasteiger charge is -2.57. The zero-order valence-corrected chi connectivity index (χ0v) is 14.4. The van der Waals surface area contributed by atoms with Crippen molar-refractivity contribution in [1.29, 1.82) is 0 Å². The largest absolute Gasteiger partial charge is 0.482 e. The number of nitrogens with one attached hydrogen (secondary N) is 1. The van der Waals surface area contributed by atoms with Gasteiger partial charge in [-0.3, -0.25) is 14.5 Å². The maximum atomic E-state index is 12.8. The molecule has 132 valence electrons. The van der Waals surface area contributed by atoms with Gasteiger partial charge in [0.15, 0.2) is 6.61 Å². The summed E-state index contributed by atoms with van der Waals surface area (Å²) in [5.74, 6) is 2.85. The van der Waals surface area contributed by atoms with Gasteiger partial charge in [0.1, 0.15) is 12.3 Å². The van der Waals surface area contributed by atoms with Crippen molar-refractivity contribution in [2.45, 2.75) is 44.1 Å². The van der Waals surface area contributed by atoms with Gasteiger partial charge < -0.3 is 10.1 Å². The number of para-hydroxylation sites is 2. The van der Waals surface area contributed by atoms with Crippen LogP contribution >= 0.6 is 0 Å². The molecule has 6 rings (SSSR count). The SMILES string of the molecule is O=C(CN1C(=O)COc2ccccc21)NC12CC3CC(CC(C3)C1)C2. The minimum atomic E-state index is -0.153. The van der Waals surface area contributed by atoms with Crippen LogP contribution < -0.4 is 15.0 Å². The Hall–Kier alpha value is -2.04. The third-order valence-electron chi connectivity index (χ3n) is 6.55. The Morgan fingerprint density at radius 2 is 1.76 bits per heavy atom. The van der Waals surface area contributed by atoms with E-state index in [0.29, 0.717) is 11.4 Å². The number of ether oxygens (including phenoxy) is 1. The maximum absolute atomic E-state index is 12.8. The van der Waals surface area contributed by atoms with Crippen molar-refractivity contribution in [3.63, 3.8) is 0 Å². The number of carbonyl (C=O) groups is 2. The Morgan fingerprint density at radius 1 is 1.12 bits per heavy atom. The number of rotatable bonds is 3. The molecule has 1 N–H and O–H groups in total. The van der Waals surface area contributed by atoms with Crippen molar-refractivity contribution in [3.8, 4) is 5.75 Å². The van der Waals surface area contributed by atoms with Gasteiger partial charge in [-0.15, -0.1) is 0 Å². The molecule has 1 heterocycles. The third-order valence-corrected chi connectivity index (χ3v) is 6.55. The highest BCUT2D eigenvalue weighted by atomic mass is 16.5. The molecule has 2 amide bonds. The molecule has 5 nitrogen and oxygen atoms in total. The first-order valence-corrected chi connectivity index (χ1v) is 9.43. The summed E-state index contributed by atoms with van der Waals surface area (Å²) in [4.78, 5) is 26.6. The fourth-order valence-corrected chi connectivity index (χ4v) is 6.07. The standard InChI is InChI=1S/C20H24N2O3/c23-18(11-22-16-3-1-2-4-17(16)25-12-19(22)24)21-20-8-13-5-14(9-20)7-15(6-13)10-20/h1-4,13-15H,5-12H2,(H,21,23). The Kier molecular flexibility index (Phi) is 3.34. The van der Waals surface area contributed by atoms with E-state index in [1.54, 1.807) is 4.90 Å². The first kappa shape index (κ1) is 15.2. The van der Waals surface area contributed by atoms with Crippen LogP contribution in [0, 0.1) is 17.8 Å². The van der Waals surface area contributed by atoms with Gasteiger partial charge in [-0.05, 0) is 68.4 Å². The van der Waals surface area contributed by atoms with E-state index in [1.165, 1.54) is 19.3 Å². The maximum Gasteiger partial charge on any atom is 0.265 e. The summed E-state index contributed by atoms with van der Waals surface area (Å²) in [5.41, 5.74) is 0.681. The lowest BCUT2D eigenvalue weighted by Crippen LogP contribution is -2.61. The Bertz CT molecular complexity index is 694. The van der Waals surface area contributed by atoms with E-state index < -0.39 is 0 Å². The molecule has 0 atom stereocenters. The molecule has 4 saturated carbocycles. The van der Waals surface area contributed by atoms with Gasteiger partial charge >= 0.3 is 0 Å². The van der Waals surface area contributed by atoms with Crippen LogP contribution in [0.15, 0.2) is 24.3 Å². The number of hydrogen-bond acceptors (Lipinski definition) is 3. The van der Waals surface area contributed by atoms with Gasteiger partial charge in [-0.1, -0.05) is 12.1 Å². The Morgan fingerprint density at radius 3 is 2.44 bits per heavy atom. The van der Waals surface area contributed by atoms with Crippen molar-refractivity contribution in [2.24, 2.45) is 17.8 Å². The number of nitrogens with zero attached hydrogens (tertiary/aromatic N) is 1. The summed E-state index contributed by atoms with van der Waals surface area (Å²) in [6.07, 6.45) is 7.43. The van der Waals surface area contributed by atoms with Crippen LogP contribution in [0.25, 0.3) is 0 Å². The summed E-state index contributed by atoms with van der Waals surface area (Å²) in [6.45, 7) is 0.0859. The van der Waals surface area contributed by atoms with E-state index in [4.69, 9.17) is 4.74 Å². The molecule has 4 aliphatic carbocycles. The normalized spacial score (nSPS) is 35.3. The second-order valence-corrected chi connectivity index (χ2v) is 8.48. The monoisotopic (exact) mass is 340 g/mol. The molecule has 1 aromatic carbocycles. The Balaban J connectivity index is 1.32. The van der Waals surface area contributed by atoms with E-state index in [-0.39, 0.29) is 30.5 Å². The fraction of sp³-hybridized carbons (Fsp3) is 0.600. The van der Waals surface area contributed by atoms with Crippen molar-refractivity contribution in [2.75, 3.05) is 18.1 Å². The number of amides is 2. The molecule has 0 aromatic heterocycles. The van der Waals surface area contributed by atoms with Gasteiger partial charge in [-0.25, -0.2) is 0 Å². The molecule has 0 radical (unpaired) electrons. The summed E-state index contributed by atoms with van der Waals surface area (Å²) in [5, 5.41) is 3.35. The summed E-state index contributed by atoms with van der Waals surface area (Å²) in [7, 11) is 0. The van der Waals surface area contributed by atoms with E-state index in [0.717, 1.165) is 37.0 Å². The smallest absolute Gasteiger partial charge is 0.265 e. The van der Waals surface area contributed by atoms with Gasteiger partial charge in [-0.2, -0.15) is 0 Å². The lowest BCUT2D eigenvalue weighted by atomic mass is 9.53. The van der Waals surface area contributed by atoms with Crippen LogP contribution in [-0.4, -0.2) is 30.5 Å². The molecule has 25 heavy (non-hydrogen) atoms. The van der Waals surface area contributed by atoms with Crippen LogP contribution in [0.4, 0.5) is 5.69 Å².